The van der Waals surface area contributed by atoms with Gasteiger partial charge in [-0.15, -0.1) is 0 Å². The van der Waals surface area contributed by atoms with Crippen LogP contribution in [0.2, 0.25) is 0 Å². The summed E-state index contributed by atoms with van der Waals surface area (Å²) in [5.74, 6) is -1.24. The highest BCUT2D eigenvalue weighted by molar-refractivity contribution is 6.01. The third-order valence-corrected chi connectivity index (χ3v) is 7.93. The predicted molar refractivity (Wildman–Crippen MR) is 200 cm³/mol. The Morgan fingerprint density at radius 3 is 2.02 bits per heavy atom. The molecule has 1 aliphatic rings. The number of carbonyl (C=O) groups is 3. The fourth-order valence-electron chi connectivity index (χ4n) is 5.28. The lowest BCUT2D eigenvalue weighted by Crippen LogP contribution is -2.39. The number of ketones is 1. The molecule has 1 unspecified atom stereocenters. The van der Waals surface area contributed by atoms with E-state index in [4.69, 9.17) is 9.47 Å². The topological polar surface area (TPSA) is 110 Å². The van der Waals surface area contributed by atoms with Crippen molar-refractivity contribution in [3.05, 3.63) is 136 Å². The number of aromatic hydroxyl groups is 2. The van der Waals surface area contributed by atoms with Crippen molar-refractivity contribution in [3.8, 4) is 17.2 Å². The van der Waals surface area contributed by atoms with E-state index in [1.54, 1.807) is 43.3 Å². The zero-order chi connectivity index (χ0) is 36.8. The zero-order valence-electron chi connectivity index (χ0n) is 30.0. The molecule has 2 aromatic rings. The maximum atomic E-state index is 13.2. The molecule has 3 rings (SSSR count). The van der Waals surface area contributed by atoms with Gasteiger partial charge in [0.2, 0.25) is 0 Å². The second kappa shape index (κ2) is 18.4. The van der Waals surface area contributed by atoms with E-state index in [1.807, 2.05) is 76.3 Å². The van der Waals surface area contributed by atoms with Gasteiger partial charge in [-0.25, -0.2) is 0 Å². The monoisotopic (exact) mass is 676 g/mol. The summed E-state index contributed by atoms with van der Waals surface area (Å²) in [5, 5.41) is 19.2. The van der Waals surface area contributed by atoms with E-state index in [-0.39, 0.29) is 30.1 Å². The third-order valence-electron chi connectivity index (χ3n) is 7.93. The molecule has 0 saturated carbocycles. The molecule has 1 aliphatic carbocycles. The SMILES string of the molecule is CC(C)=CC=CC=C(C)C=CC=C(C)C=CC1=C(C)C(=O)C(OC(=O)CCC(=O)Oc2ccc(C=Cc3cc(O)cc(O)c3)cc2)CC1(C)C. The van der Waals surface area contributed by atoms with E-state index in [1.165, 1.54) is 23.8 Å². The molecule has 0 radical (unpaired) electrons. The summed E-state index contributed by atoms with van der Waals surface area (Å²) < 4.78 is 10.9. The minimum absolute atomic E-state index is 0.0411. The smallest absolute Gasteiger partial charge is 0.311 e. The fraction of sp³-hybridized carbons (Fsp3) is 0.279. The maximum Gasteiger partial charge on any atom is 0.311 e. The van der Waals surface area contributed by atoms with E-state index >= 15 is 0 Å². The third kappa shape index (κ3) is 12.9. The van der Waals surface area contributed by atoms with Gasteiger partial charge in [0, 0.05) is 12.5 Å². The molecule has 7 heteroatoms. The Labute approximate surface area is 296 Å². The minimum atomic E-state index is -0.921. The van der Waals surface area contributed by atoms with Crippen LogP contribution < -0.4 is 4.74 Å². The second-order valence-corrected chi connectivity index (χ2v) is 13.3. The predicted octanol–water partition coefficient (Wildman–Crippen LogP) is 9.71. The van der Waals surface area contributed by atoms with Crippen molar-refractivity contribution in [1.29, 1.82) is 0 Å². The molecule has 2 N–H and O–H groups in total. The molecule has 7 nitrogen and oxygen atoms in total. The van der Waals surface area contributed by atoms with Gasteiger partial charge in [-0.05, 0) is 86.6 Å². The summed E-state index contributed by atoms with van der Waals surface area (Å²) in [6.07, 6.45) is 20.6. The molecular weight excluding hydrogens is 628 g/mol. The van der Waals surface area contributed by atoms with Crippen LogP contribution in [0.15, 0.2) is 125 Å². The van der Waals surface area contributed by atoms with Crippen LogP contribution in [-0.2, 0) is 19.1 Å². The van der Waals surface area contributed by atoms with Crippen LogP contribution in [0, 0.1) is 5.41 Å². The maximum absolute atomic E-state index is 13.2. The van der Waals surface area contributed by atoms with Gasteiger partial charge in [0.05, 0.1) is 12.8 Å². The van der Waals surface area contributed by atoms with Gasteiger partial charge in [-0.2, -0.15) is 0 Å². The van der Waals surface area contributed by atoms with E-state index < -0.39 is 23.5 Å². The highest BCUT2D eigenvalue weighted by atomic mass is 16.6. The normalized spacial score (nSPS) is 16.9. The number of ether oxygens (including phenoxy) is 2. The summed E-state index contributed by atoms with van der Waals surface area (Å²) in [4.78, 5) is 38.3. The lowest BCUT2D eigenvalue weighted by atomic mass is 9.71. The summed E-state index contributed by atoms with van der Waals surface area (Å²) in [5.41, 5.74) is 5.86. The van der Waals surface area contributed by atoms with E-state index in [0.29, 0.717) is 23.3 Å². The lowest BCUT2D eigenvalue weighted by molar-refractivity contribution is -0.157. The minimum Gasteiger partial charge on any atom is -0.508 e. The van der Waals surface area contributed by atoms with Gasteiger partial charge in [0.15, 0.2) is 11.9 Å². The van der Waals surface area contributed by atoms with Crippen molar-refractivity contribution in [2.75, 3.05) is 0 Å². The van der Waals surface area contributed by atoms with Gasteiger partial charge in [-0.3, -0.25) is 14.4 Å². The number of benzene rings is 2. The average Bonchev–Trinajstić information content (AvgIpc) is 3.03. The Kier molecular flexibility index (Phi) is 14.3. The number of rotatable bonds is 13. The number of allylic oxidation sites excluding steroid dienone is 13. The van der Waals surface area contributed by atoms with Crippen molar-refractivity contribution < 1.29 is 34.1 Å². The van der Waals surface area contributed by atoms with Gasteiger partial charge >= 0.3 is 11.9 Å². The number of hydrogen-bond donors (Lipinski definition) is 2. The molecule has 262 valence electrons. The molecular formula is C43H48O7. The highest BCUT2D eigenvalue weighted by Crippen LogP contribution is 2.41. The van der Waals surface area contributed by atoms with Crippen LogP contribution in [0.1, 0.15) is 78.9 Å². The molecule has 0 aliphatic heterocycles. The average molecular weight is 677 g/mol. The first kappa shape index (κ1) is 39.0. The van der Waals surface area contributed by atoms with Crippen molar-refractivity contribution >= 4 is 29.9 Å². The Balaban J connectivity index is 1.52. The van der Waals surface area contributed by atoms with Crippen LogP contribution in [0.25, 0.3) is 12.2 Å². The van der Waals surface area contributed by atoms with Gasteiger partial charge < -0.3 is 19.7 Å². The largest absolute Gasteiger partial charge is 0.508 e. The van der Waals surface area contributed by atoms with Gasteiger partial charge in [-0.1, -0.05) is 110 Å². The van der Waals surface area contributed by atoms with Crippen LogP contribution in [-0.4, -0.2) is 34.0 Å². The molecule has 0 aromatic heterocycles. The molecule has 0 saturated heterocycles. The van der Waals surface area contributed by atoms with Gasteiger partial charge in [0.25, 0.3) is 0 Å². The van der Waals surface area contributed by atoms with Crippen LogP contribution in [0.3, 0.4) is 0 Å². The molecule has 2 aromatic carbocycles. The number of Topliss-reactive ketones (excluding diaryl/α,β-unsaturated/α-hetero) is 1. The quantitative estimate of drug-likeness (QED) is 0.0941. The number of esters is 2. The van der Waals surface area contributed by atoms with E-state index in [9.17, 15) is 24.6 Å². The lowest BCUT2D eigenvalue weighted by Gasteiger charge is -2.36. The van der Waals surface area contributed by atoms with Gasteiger partial charge in [0.1, 0.15) is 17.2 Å². The summed E-state index contributed by atoms with van der Waals surface area (Å²) in [6.45, 7) is 14.0. The molecule has 50 heavy (non-hydrogen) atoms. The molecule has 0 amide bonds. The summed E-state index contributed by atoms with van der Waals surface area (Å²) >= 11 is 0. The number of hydrogen-bond acceptors (Lipinski definition) is 7. The standard InChI is InChI=1S/C43H48O7/c1-29(2)11-8-9-12-30(3)13-10-14-31(4)15-22-38-32(5)42(48)39(28-43(38,6)7)50-41(47)24-23-40(46)49-37-20-18-33(19-21-37)16-17-34-25-35(44)27-36(45)26-34/h8-22,25-27,39,44-45H,23-24,28H2,1-7H3. The molecule has 0 spiro atoms. The van der Waals surface area contributed by atoms with Crippen LogP contribution in [0.4, 0.5) is 0 Å². The highest BCUT2D eigenvalue weighted by Gasteiger charge is 2.39. The Morgan fingerprint density at radius 1 is 0.780 bits per heavy atom. The first-order valence-corrected chi connectivity index (χ1v) is 16.6. The first-order valence-electron chi connectivity index (χ1n) is 16.6. The van der Waals surface area contributed by atoms with Crippen LogP contribution in [0.5, 0.6) is 17.2 Å². The van der Waals surface area contributed by atoms with E-state index in [2.05, 4.69) is 19.9 Å². The fourth-order valence-corrected chi connectivity index (χ4v) is 5.28. The summed E-state index contributed by atoms with van der Waals surface area (Å²) in [7, 11) is 0. The van der Waals surface area contributed by atoms with Crippen molar-refractivity contribution in [2.24, 2.45) is 5.41 Å². The Morgan fingerprint density at radius 2 is 1.36 bits per heavy atom. The molecule has 0 heterocycles. The first-order chi connectivity index (χ1) is 23.6. The second-order valence-electron chi connectivity index (χ2n) is 13.3. The van der Waals surface area contributed by atoms with Crippen molar-refractivity contribution in [1.82, 2.24) is 0 Å². The van der Waals surface area contributed by atoms with Crippen molar-refractivity contribution in [3.63, 3.8) is 0 Å². The molecule has 0 bridgehead atoms. The van der Waals surface area contributed by atoms with E-state index in [0.717, 1.165) is 22.3 Å². The zero-order valence-corrected chi connectivity index (χ0v) is 30.0. The van der Waals surface area contributed by atoms with Crippen LogP contribution >= 0.6 is 0 Å². The number of phenols is 2. The molecule has 1 atom stereocenters. The summed E-state index contributed by atoms with van der Waals surface area (Å²) in [6, 6.07) is 11.0. The number of phenolic OH excluding ortho intramolecular Hbond substituents is 2. The number of carbonyl (C=O) groups excluding carboxylic acids is 3. The Bertz CT molecular complexity index is 1780. The van der Waals surface area contributed by atoms with Crippen molar-refractivity contribution in [2.45, 2.75) is 73.8 Å². The molecule has 0 fully saturated rings. The Hall–Kier alpha value is -5.43.